The molecule has 0 bridgehead atoms. The van der Waals surface area contributed by atoms with Gasteiger partial charge in [0.15, 0.2) is 0 Å². The van der Waals surface area contributed by atoms with Gasteiger partial charge in [-0.1, -0.05) is 48.5 Å². The second-order valence-corrected chi connectivity index (χ2v) is 9.20. The van der Waals surface area contributed by atoms with Crippen LogP contribution in [0.25, 0.3) is 11.1 Å². The number of anilines is 1. The van der Waals surface area contributed by atoms with Crippen molar-refractivity contribution in [3.63, 3.8) is 0 Å². The number of hydrogen-bond donors (Lipinski definition) is 1. The number of aliphatic carboxylic acids is 1. The molecule has 1 N–H and O–H groups in total. The molecule has 4 aromatic rings. The Bertz CT molecular complexity index is 1470. The van der Waals surface area contributed by atoms with Gasteiger partial charge >= 0.3 is 5.97 Å². The minimum absolute atomic E-state index is 0.0585. The number of carbonyl (C=O) groups excluding carboxylic acids is 2. The number of aromatic nitrogens is 1. The van der Waals surface area contributed by atoms with Crippen LogP contribution in [0.1, 0.15) is 32.7 Å². The number of nitrogens with zero attached hydrogens (tertiary/aromatic N) is 3. The molecule has 0 saturated heterocycles. The molecule has 0 aliphatic rings. The van der Waals surface area contributed by atoms with Gasteiger partial charge in [-0.15, -0.1) is 0 Å². The number of benzene rings is 3. The molecular weight excluding hydrogens is 506 g/mol. The highest BCUT2D eigenvalue weighted by atomic mass is 16.5. The van der Waals surface area contributed by atoms with Crippen molar-refractivity contribution in [1.82, 2.24) is 9.88 Å². The second kappa shape index (κ2) is 13.2. The van der Waals surface area contributed by atoms with Gasteiger partial charge in [0.05, 0.1) is 25.4 Å². The Morgan fingerprint density at radius 1 is 0.800 bits per heavy atom. The number of rotatable bonds is 11. The Kier molecular flexibility index (Phi) is 9.25. The summed E-state index contributed by atoms with van der Waals surface area (Å²) in [4.78, 5) is 46.1. The fourth-order valence-corrected chi connectivity index (χ4v) is 4.43. The van der Waals surface area contributed by atoms with E-state index in [9.17, 15) is 19.5 Å². The second-order valence-electron chi connectivity index (χ2n) is 9.20. The lowest BCUT2D eigenvalue weighted by atomic mass is 9.94. The molecule has 4 rings (SSSR count). The van der Waals surface area contributed by atoms with Gasteiger partial charge in [-0.05, 0) is 59.5 Å². The maximum atomic E-state index is 13.9. The van der Waals surface area contributed by atoms with Gasteiger partial charge in [0, 0.05) is 37.5 Å². The van der Waals surface area contributed by atoms with E-state index in [1.807, 2.05) is 48.5 Å². The number of hydrogen-bond acceptors (Lipinski definition) is 5. The molecule has 2 amide bonds. The van der Waals surface area contributed by atoms with Gasteiger partial charge < -0.3 is 19.6 Å². The summed E-state index contributed by atoms with van der Waals surface area (Å²) in [6.45, 7) is 0.389. The zero-order valence-corrected chi connectivity index (χ0v) is 22.5. The Morgan fingerprint density at radius 2 is 1.43 bits per heavy atom. The number of ether oxygens (including phenoxy) is 1. The molecule has 1 aromatic heterocycles. The molecule has 0 aliphatic heterocycles. The summed E-state index contributed by atoms with van der Waals surface area (Å²) >= 11 is 0. The molecule has 0 radical (unpaired) electrons. The summed E-state index contributed by atoms with van der Waals surface area (Å²) in [5.41, 5.74) is 3.68. The monoisotopic (exact) mass is 537 g/mol. The molecule has 0 unspecified atom stereocenters. The van der Waals surface area contributed by atoms with Crippen molar-refractivity contribution < 1.29 is 24.2 Å². The average molecular weight is 538 g/mol. The van der Waals surface area contributed by atoms with E-state index < -0.39 is 5.97 Å². The summed E-state index contributed by atoms with van der Waals surface area (Å²) in [6, 6.07) is 25.4. The number of carboxylic acids is 1. The first-order chi connectivity index (χ1) is 19.4. The molecule has 8 heteroatoms. The van der Waals surface area contributed by atoms with Gasteiger partial charge in [-0.2, -0.15) is 0 Å². The van der Waals surface area contributed by atoms with Crippen molar-refractivity contribution in [2.75, 3.05) is 32.1 Å². The van der Waals surface area contributed by atoms with Crippen LogP contribution >= 0.6 is 0 Å². The molecule has 3 aromatic carbocycles. The van der Waals surface area contributed by atoms with Crippen LogP contribution in [0.3, 0.4) is 0 Å². The van der Waals surface area contributed by atoms with E-state index in [-0.39, 0.29) is 24.8 Å². The fourth-order valence-electron chi connectivity index (χ4n) is 4.43. The van der Waals surface area contributed by atoms with Crippen LogP contribution in [0.5, 0.6) is 5.75 Å². The first-order valence-corrected chi connectivity index (χ1v) is 12.9. The van der Waals surface area contributed by atoms with Crippen molar-refractivity contribution in [3.8, 4) is 16.9 Å². The van der Waals surface area contributed by atoms with Crippen LogP contribution in [-0.4, -0.2) is 60.0 Å². The summed E-state index contributed by atoms with van der Waals surface area (Å²) in [6.07, 6.45) is 3.62. The maximum Gasteiger partial charge on any atom is 0.305 e. The summed E-state index contributed by atoms with van der Waals surface area (Å²) in [5.74, 6) is -0.787. The zero-order chi connectivity index (χ0) is 28.5. The number of amides is 2. The molecule has 0 spiro atoms. The van der Waals surface area contributed by atoms with E-state index in [1.54, 1.807) is 67.8 Å². The third-order valence-electron chi connectivity index (χ3n) is 6.66. The number of pyridine rings is 1. The fraction of sp³-hybridized carbons (Fsp3) is 0.188. The van der Waals surface area contributed by atoms with E-state index in [0.29, 0.717) is 40.9 Å². The van der Waals surface area contributed by atoms with Crippen LogP contribution < -0.4 is 9.64 Å². The molecule has 0 atom stereocenters. The molecule has 0 fully saturated rings. The van der Waals surface area contributed by atoms with Gasteiger partial charge in [-0.25, -0.2) is 0 Å². The van der Waals surface area contributed by atoms with Gasteiger partial charge in [0.25, 0.3) is 11.8 Å². The number of carbonyl (C=O) groups is 3. The summed E-state index contributed by atoms with van der Waals surface area (Å²) in [5, 5.41) is 9.34. The van der Waals surface area contributed by atoms with Crippen molar-refractivity contribution in [1.29, 1.82) is 0 Å². The van der Waals surface area contributed by atoms with E-state index >= 15 is 0 Å². The van der Waals surface area contributed by atoms with E-state index in [0.717, 1.165) is 11.3 Å². The zero-order valence-electron chi connectivity index (χ0n) is 22.5. The smallest absolute Gasteiger partial charge is 0.305 e. The van der Waals surface area contributed by atoms with Crippen molar-refractivity contribution in [3.05, 3.63) is 114 Å². The molecule has 8 nitrogen and oxygen atoms in total. The van der Waals surface area contributed by atoms with E-state index in [1.165, 1.54) is 4.90 Å². The van der Waals surface area contributed by atoms with Crippen LogP contribution in [0, 0.1) is 0 Å². The Balaban J connectivity index is 1.65. The summed E-state index contributed by atoms with van der Waals surface area (Å²) < 4.78 is 5.22. The summed E-state index contributed by atoms with van der Waals surface area (Å²) in [7, 11) is 3.28. The van der Waals surface area contributed by atoms with E-state index in [2.05, 4.69) is 4.98 Å². The maximum absolute atomic E-state index is 13.9. The van der Waals surface area contributed by atoms with Crippen molar-refractivity contribution in [2.45, 2.75) is 12.8 Å². The first kappa shape index (κ1) is 28.0. The lowest BCUT2D eigenvalue weighted by Gasteiger charge is -2.24. The van der Waals surface area contributed by atoms with Crippen molar-refractivity contribution in [2.24, 2.45) is 0 Å². The minimum atomic E-state index is -0.982. The number of carboxylic acid groups (broad SMARTS) is 1. The standard InChI is InChI=1S/C32H31N3O5/c1-34(24-8-7-19-33-22-24)31(38)28-11-5-3-9-26(28)27-10-4-6-12-29(27)32(39)35(21-18-30(36)37)20-17-23-13-15-25(40-2)16-14-23/h3-16,19,22H,17-18,20-21H2,1-2H3,(H,36,37). The predicted molar refractivity (Wildman–Crippen MR) is 154 cm³/mol. The highest BCUT2D eigenvalue weighted by Gasteiger charge is 2.24. The minimum Gasteiger partial charge on any atom is -0.497 e. The lowest BCUT2D eigenvalue weighted by Crippen LogP contribution is -2.35. The Hall–Kier alpha value is -4.98. The SMILES string of the molecule is COc1ccc(CCN(CCC(=O)O)C(=O)c2ccccc2-c2ccccc2C(=O)N(C)c2cccnc2)cc1. The number of methoxy groups -OCH3 is 1. The highest BCUT2D eigenvalue weighted by molar-refractivity contribution is 6.11. The Morgan fingerprint density at radius 3 is 2.00 bits per heavy atom. The van der Waals surface area contributed by atoms with Crippen LogP contribution in [0.4, 0.5) is 5.69 Å². The Labute approximate surface area is 233 Å². The third-order valence-corrected chi connectivity index (χ3v) is 6.66. The molecule has 1 heterocycles. The normalized spacial score (nSPS) is 10.6. The van der Waals surface area contributed by atoms with Gasteiger partial charge in [-0.3, -0.25) is 19.4 Å². The molecular formula is C32H31N3O5. The highest BCUT2D eigenvalue weighted by Crippen LogP contribution is 2.30. The van der Waals surface area contributed by atoms with Gasteiger partial charge in [0.2, 0.25) is 0 Å². The molecule has 0 saturated carbocycles. The van der Waals surface area contributed by atoms with Crippen LogP contribution in [0.15, 0.2) is 97.3 Å². The van der Waals surface area contributed by atoms with Crippen LogP contribution in [0.2, 0.25) is 0 Å². The topological polar surface area (TPSA) is 100 Å². The van der Waals surface area contributed by atoms with Crippen LogP contribution in [-0.2, 0) is 11.2 Å². The lowest BCUT2D eigenvalue weighted by molar-refractivity contribution is -0.137. The first-order valence-electron chi connectivity index (χ1n) is 12.9. The molecule has 40 heavy (non-hydrogen) atoms. The predicted octanol–water partition coefficient (Wildman–Crippen LogP) is 5.19. The average Bonchev–Trinajstić information content (AvgIpc) is 3.00. The van der Waals surface area contributed by atoms with Gasteiger partial charge in [0.1, 0.15) is 5.75 Å². The quantitative estimate of drug-likeness (QED) is 0.283. The largest absolute Gasteiger partial charge is 0.497 e. The van der Waals surface area contributed by atoms with E-state index in [4.69, 9.17) is 4.74 Å². The molecule has 204 valence electrons. The molecule has 0 aliphatic carbocycles. The third kappa shape index (κ3) is 6.71. The van der Waals surface area contributed by atoms with Crippen molar-refractivity contribution >= 4 is 23.5 Å².